The Morgan fingerprint density at radius 2 is 0.616 bits per heavy atom. The highest BCUT2D eigenvalue weighted by molar-refractivity contribution is 7.47. The van der Waals surface area contributed by atoms with Gasteiger partial charge in [0.2, 0.25) is 0 Å². The van der Waals surface area contributed by atoms with Gasteiger partial charge in [0, 0.05) is 12.8 Å². The van der Waals surface area contributed by atoms with Crippen LogP contribution in [0.2, 0.25) is 0 Å². The molecule has 0 saturated heterocycles. The van der Waals surface area contributed by atoms with E-state index in [-0.39, 0.29) is 25.6 Å². The standard InChI is InChI=1S/C63H126NO8P/c1-6-8-10-12-14-16-18-20-22-23-24-25-26-27-28-29-30-31-32-33-34-35-36-37-38-39-40-42-44-46-48-50-52-54-56-63(66)72-61(60-71-73(67,68)70-58-57-64(3,4)5)59-69-62(65)55-53-51-49-47-45-43-41-21-19-17-15-13-11-9-7-2/h61H,6-60H2,1-5H3/p+1. The largest absolute Gasteiger partial charge is 0.472 e. The second-order valence-electron chi connectivity index (χ2n) is 23.5. The number of nitrogens with zero attached hydrogens (tertiary/aromatic N) is 1. The summed E-state index contributed by atoms with van der Waals surface area (Å²) in [5, 5.41) is 0. The van der Waals surface area contributed by atoms with Crippen molar-refractivity contribution in [3.63, 3.8) is 0 Å². The van der Waals surface area contributed by atoms with Crippen LogP contribution in [0.1, 0.15) is 341 Å². The van der Waals surface area contributed by atoms with Crippen LogP contribution in [0.3, 0.4) is 0 Å². The van der Waals surface area contributed by atoms with E-state index in [1.165, 1.54) is 276 Å². The fourth-order valence-electron chi connectivity index (χ4n) is 9.90. The summed E-state index contributed by atoms with van der Waals surface area (Å²) in [4.78, 5) is 35.7. The molecular weight excluding hydrogens is 930 g/mol. The SMILES string of the molecule is CCCCCCCCCCCCCCCCCCCCCCCCCCCCCCCCCCCCC(=O)OC(COC(=O)CCCCCCCCCCCCCCCCC)COP(=O)(O)OCC[N+](C)(C)C. The Morgan fingerprint density at radius 3 is 0.877 bits per heavy atom. The molecule has 0 aromatic rings. The van der Waals surface area contributed by atoms with Gasteiger partial charge in [0.05, 0.1) is 27.7 Å². The van der Waals surface area contributed by atoms with Gasteiger partial charge in [-0.2, -0.15) is 0 Å². The molecule has 0 spiro atoms. The van der Waals surface area contributed by atoms with Crippen LogP contribution in [0.25, 0.3) is 0 Å². The zero-order valence-corrected chi connectivity index (χ0v) is 50.6. The van der Waals surface area contributed by atoms with Crippen LogP contribution >= 0.6 is 7.82 Å². The van der Waals surface area contributed by atoms with Gasteiger partial charge in [-0.15, -0.1) is 0 Å². The fourth-order valence-corrected chi connectivity index (χ4v) is 10.6. The summed E-state index contributed by atoms with van der Waals surface area (Å²) in [6.07, 6.45) is 64.9. The molecule has 73 heavy (non-hydrogen) atoms. The third-order valence-electron chi connectivity index (χ3n) is 14.9. The molecule has 0 aromatic heterocycles. The van der Waals surface area contributed by atoms with Crippen molar-refractivity contribution in [2.24, 2.45) is 0 Å². The van der Waals surface area contributed by atoms with Crippen LogP contribution < -0.4 is 0 Å². The Kier molecular flexibility index (Phi) is 55.0. The van der Waals surface area contributed by atoms with Gasteiger partial charge in [0.15, 0.2) is 6.10 Å². The first-order valence-corrected chi connectivity index (χ1v) is 33.8. The highest BCUT2D eigenvalue weighted by atomic mass is 31.2. The van der Waals surface area contributed by atoms with Crippen LogP contribution in [-0.4, -0.2) is 74.9 Å². The van der Waals surface area contributed by atoms with Crippen LogP contribution in [-0.2, 0) is 32.7 Å². The molecule has 436 valence electrons. The number of rotatable bonds is 61. The maximum Gasteiger partial charge on any atom is 0.472 e. The van der Waals surface area contributed by atoms with Crippen molar-refractivity contribution in [1.29, 1.82) is 0 Å². The summed E-state index contributed by atoms with van der Waals surface area (Å²) in [5.41, 5.74) is 0. The van der Waals surface area contributed by atoms with Crippen molar-refractivity contribution < 1.29 is 42.1 Å². The van der Waals surface area contributed by atoms with Gasteiger partial charge in [0.25, 0.3) is 0 Å². The van der Waals surface area contributed by atoms with Gasteiger partial charge >= 0.3 is 19.8 Å². The van der Waals surface area contributed by atoms with Crippen LogP contribution in [0.5, 0.6) is 0 Å². The maximum absolute atomic E-state index is 12.8. The first-order valence-electron chi connectivity index (χ1n) is 32.3. The smallest absolute Gasteiger partial charge is 0.462 e. The summed E-state index contributed by atoms with van der Waals surface area (Å²) >= 11 is 0. The lowest BCUT2D eigenvalue weighted by Gasteiger charge is -2.24. The molecule has 2 unspecified atom stereocenters. The summed E-state index contributed by atoms with van der Waals surface area (Å²) in [6.45, 7) is 4.51. The lowest BCUT2D eigenvalue weighted by molar-refractivity contribution is -0.870. The Labute approximate surface area is 454 Å². The number of unbranched alkanes of at least 4 members (excludes halogenated alkanes) is 47. The van der Waals surface area contributed by atoms with Gasteiger partial charge in [-0.05, 0) is 12.8 Å². The molecule has 0 aliphatic rings. The minimum absolute atomic E-state index is 0.0374. The summed E-state index contributed by atoms with van der Waals surface area (Å²) in [7, 11) is 1.50. The Bertz CT molecular complexity index is 1200. The number of hydrogen-bond donors (Lipinski definition) is 1. The number of hydrogen-bond acceptors (Lipinski definition) is 7. The number of ether oxygens (including phenoxy) is 2. The van der Waals surface area contributed by atoms with E-state index in [0.717, 1.165) is 38.5 Å². The first kappa shape index (κ1) is 72.0. The summed E-state index contributed by atoms with van der Waals surface area (Å²) in [6, 6.07) is 0. The van der Waals surface area contributed by atoms with Gasteiger partial charge in [-0.1, -0.05) is 316 Å². The minimum Gasteiger partial charge on any atom is -0.462 e. The number of phosphoric ester groups is 1. The number of esters is 2. The van der Waals surface area contributed by atoms with E-state index >= 15 is 0 Å². The lowest BCUT2D eigenvalue weighted by Crippen LogP contribution is -2.37. The zero-order valence-electron chi connectivity index (χ0n) is 49.7. The quantitative estimate of drug-likeness (QED) is 0.0278. The molecule has 2 atom stereocenters. The van der Waals surface area contributed by atoms with Crippen molar-refractivity contribution in [2.75, 3.05) is 47.5 Å². The van der Waals surface area contributed by atoms with Gasteiger partial charge in [-0.25, -0.2) is 4.57 Å². The molecule has 0 fully saturated rings. The lowest BCUT2D eigenvalue weighted by atomic mass is 10.0. The van der Waals surface area contributed by atoms with Gasteiger partial charge < -0.3 is 18.9 Å². The third-order valence-corrected chi connectivity index (χ3v) is 15.9. The van der Waals surface area contributed by atoms with Gasteiger partial charge in [0.1, 0.15) is 19.8 Å². The molecule has 0 bridgehead atoms. The molecule has 0 aliphatic carbocycles. The van der Waals surface area contributed by atoms with Crippen LogP contribution in [0.15, 0.2) is 0 Å². The van der Waals surface area contributed by atoms with E-state index < -0.39 is 26.5 Å². The summed E-state index contributed by atoms with van der Waals surface area (Å²) < 4.78 is 34.6. The van der Waals surface area contributed by atoms with Crippen molar-refractivity contribution in [2.45, 2.75) is 347 Å². The molecule has 10 heteroatoms. The maximum atomic E-state index is 12.8. The normalized spacial score (nSPS) is 13.1. The number of carbonyl (C=O) groups is 2. The molecule has 0 amide bonds. The highest BCUT2D eigenvalue weighted by Crippen LogP contribution is 2.43. The van der Waals surface area contributed by atoms with E-state index in [1.54, 1.807) is 0 Å². The molecular formula is C63H127NO8P+. The zero-order chi connectivity index (χ0) is 53.5. The van der Waals surface area contributed by atoms with Crippen molar-refractivity contribution in [3.8, 4) is 0 Å². The number of phosphoric acid groups is 1. The molecule has 0 saturated carbocycles. The number of quaternary nitrogens is 1. The second kappa shape index (κ2) is 55.8. The highest BCUT2D eigenvalue weighted by Gasteiger charge is 2.27. The fraction of sp³-hybridized carbons (Fsp3) is 0.968. The molecule has 0 heterocycles. The Morgan fingerprint density at radius 1 is 0.370 bits per heavy atom. The molecule has 0 rings (SSSR count). The summed E-state index contributed by atoms with van der Waals surface area (Å²) in [5.74, 6) is -0.773. The Hall–Kier alpha value is -0.990. The number of carbonyl (C=O) groups excluding carboxylic acids is 2. The topological polar surface area (TPSA) is 108 Å². The van der Waals surface area contributed by atoms with E-state index in [0.29, 0.717) is 17.4 Å². The van der Waals surface area contributed by atoms with E-state index in [1.807, 2.05) is 21.1 Å². The molecule has 1 N–H and O–H groups in total. The second-order valence-corrected chi connectivity index (χ2v) is 25.0. The van der Waals surface area contributed by atoms with E-state index in [2.05, 4.69) is 13.8 Å². The molecule has 0 radical (unpaired) electrons. The first-order chi connectivity index (χ1) is 35.5. The van der Waals surface area contributed by atoms with Crippen molar-refractivity contribution in [3.05, 3.63) is 0 Å². The Balaban J connectivity index is 3.92. The average molecular weight is 1060 g/mol. The predicted molar refractivity (Wildman–Crippen MR) is 312 cm³/mol. The monoisotopic (exact) mass is 1060 g/mol. The van der Waals surface area contributed by atoms with E-state index in [4.69, 9.17) is 18.5 Å². The predicted octanol–water partition coefficient (Wildman–Crippen LogP) is 20.2. The van der Waals surface area contributed by atoms with Crippen molar-refractivity contribution >= 4 is 19.8 Å². The molecule has 0 aliphatic heterocycles. The van der Waals surface area contributed by atoms with Crippen LogP contribution in [0, 0.1) is 0 Å². The number of likely N-dealkylation sites (N-methyl/N-ethyl adjacent to an activating group) is 1. The molecule has 0 aromatic carbocycles. The third kappa shape index (κ3) is 60.1. The average Bonchev–Trinajstić information content (AvgIpc) is 3.35. The molecule has 9 nitrogen and oxygen atoms in total. The minimum atomic E-state index is -4.38. The van der Waals surface area contributed by atoms with Gasteiger partial charge in [-0.3, -0.25) is 18.6 Å². The van der Waals surface area contributed by atoms with E-state index in [9.17, 15) is 19.0 Å². The van der Waals surface area contributed by atoms with Crippen molar-refractivity contribution in [1.82, 2.24) is 0 Å². The van der Waals surface area contributed by atoms with Crippen LogP contribution in [0.4, 0.5) is 0 Å².